The first-order chi connectivity index (χ1) is 13.0. The summed E-state index contributed by atoms with van der Waals surface area (Å²) in [7, 11) is 0. The van der Waals surface area contributed by atoms with Gasteiger partial charge in [-0.25, -0.2) is 0 Å². The zero-order chi connectivity index (χ0) is 19.4. The van der Waals surface area contributed by atoms with Crippen LogP contribution in [0.15, 0.2) is 36.4 Å². The predicted molar refractivity (Wildman–Crippen MR) is 104 cm³/mol. The number of hydrogen-bond acceptors (Lipinski definition) is 5. The van der Waals surface area contributed by atoms with Gasteiger partial charge in [-0.05, 0) is 23.8 Å². The van der Waals surface area contributed by atoms with Crippen molar-refractivity contribution in [3.05, 3.63) is 67.7 Å². The van der Waals surface area contributed by atoms with E-state index in [0.29, 0.717) is 47.6 Å². The van der Waals surface area contributed by atoms with E-state index in [4.69, 9.17) is 27.9 Å². The number of morpholine rings is 1. The number of nitrogens with one attached hydrogen (secondary N) is 1. The third kappa shape index (κ3) is 4.68. The van der Waals surface area contributed by atoms with Crippen LogP contribution in [0.5, 0.6) is 0 Å². The van der Waals surface area contributed by atoms with Gasteiger partial charge in [-0.2, -0.15) is 0 Å². The van der Waals surface area contributed by atoms with E-state index in [-0.39, 0.29) is 17.8 Å². The second-order valence-electron chi connectivity index (χ2n) is 5.98. The minimum absolute atomic E-state index is 0.137. The molecule has 1 heterocycles. The van der Waals surface area contributed by atoms with E-state index in [1.54, 1.807) is 24.3 Å². The lowest BCUT2D eigenvalue weighted by molar-refractivity contribution is -0.384. The van der Waals surface area contributed by atoms with E-state index in [1.165, 1.54) is 12.1 Å². The lowest BCUT2D eigenvalue weighted by atomic mass is 10.1. The molecule has 0 saturated carbocycles. The van der Waals surface area contributed by atoms with E-state index in [1.807, 2.05) is 4.90 Å². The van der Waals surface area contributed by atoms with Crippen molar-refractivity contribution in [1.29, 1.82) is 0 Å². The Morgan fingerprint density at radius 3 is 2.59 bits per heavy atom. The van der Waals surface area contributed by atoms with Gasteiger partial charge in [-0.3, -0.25) is 14.9 Å². The third-order valence-corrected chi connectivity index (χ3v) is 4.83. The van der Waals surface area contributed by atoms with Crippen LogP contribution >= 0.6 is 23.2 Å². The maximum Gasteiger partial charge on any atom is 0.270 e. The molecule has 1 N–H and O–H groups in total. The largest absolute Gasteiger partial charge is 0.378 e. The Morgan fingerprint density at radius 1 is 1.19 bits per heavy atom. The third-order valence-electron chi connectivity index (χ3n) is 4.24. The van der Waals surface area contributed by atoms with Crippen LogP contribution in [0.1, 0.15) is 15.9 Å². The van der Waals surface area contributed by atoms with E-state index in [9.17, 15) is 14.9 Å². The first-order valence-electron chi connectivity index (χ1n) is 8.29. The van der Waals surface area contributed by atoms with Gasteiger partial charge in [0, 0.05) is 41.8 Å². The van der Waals surface area contributed by atoms with E-state index < -0.39 is 10.8 Å². The summed E-state index contributed by atoms with van der Waals surface area (Å²) in [5, 5.41) is 14.8. The van der Waals surface area contributed by atoms with Crippen molar-refractivity contribution in [2.24, 2.45) is 0 Å². The number of non-ortho nitro benzene ring substituents is 1. The molecule has 0 spiro atoms. The van der Waals surface area contributed by atoms with Crippen LogP contribution in [0, 0.1) is 10.1 Å². The van der Waals surface area contributed by atoms with Crippen LogP contribution in [-0.2, 0) is 11.3 Å². The number of carbonyl (C=O) groups is 1. The zero-order valence-corrected chi connectivity index (χ0v) is 15.8. The highest BCUT2D eigenvalue weighted by atomic mass is 35.5. The lowest BCUT2D eigenvalue weighted by Gasteiger charge is -2.30. The average Bonchev–Trinajstić information content (AvgIpc) is 2.67. The summed E-state index contributed by atoms with van der Waals surface area (Å²) in [5.41, 5.74) is 1.45. The molecule has 0 radical (unpaired) electrons. The summed E-state index contributed by atoms with van der Waals surface area (Å²) in [4.78, 5) is 25.4. The molecule has 1 fully saturated rings. The molecule has 0 aliphatic carbocycles. The maximum atomic E-state index is 12.8. The molecular weight excluding hydrogens is 393 g/mol. The van der Waals surface area contributed by atoms with Crippen LogP contribution in [0.4, 0.5) is 11.4 Å². The highest BCUT2D eigenvalue weighted by Gasteiger charge is 2.22. The summed E-state index contributed by atoms with van der Waals surface area (Å²) in [6, 6.07) is 9.30. The standard InChI is InChI=1S/C18H17Cl2N3O4/c19-13-2-1-12(16(20)9-13)11-21-18(24)15-10-14(23(25)26)3-4-17(15)22-5-7-27-8-6-22/h1-4,9-10H,5-8,11H2,(H,21,24). The van der Waals surface area contributed by atoms with Gasteiger partial charge in [-0.1, -0.05) is 29.3 Å². The fourth-order valence-electron chi connectivity index (χ4n) is 2.84. The van der Waals surface area contributed by atoms with Gasteiger partial charge < -0.3 is 15.0 Å². The zero-order valence-electron chi connectivity index (χ0n) is 14.3. The van der Waals surface area contributed by atoms with Gasteiger partial charge in [0.25, 0.3) is 11.6 Å². The molecule has 9 heteroatoms. The SMILES string of the molecule is O=C(NCc1ccc(Cl)cc1Cl)c1cc([N+](=O)[O-])ccc1N1CCOCC1. The highest BCUT2D eigenvalue weighted by molar-refractivity contribution is 6.35. The number of rotatable bonds is 5. The van der Waals surface area contributed by atoms with Gasteiger partial charge >= 0.3 is 0 Å². The van der Waals surface area contributed by atoms with E-state index >= 15 is 0 Å². The van der Waals surface area contributed by atoms with E-state index in [0.717, 1.165) is 0 Å². The summed E-state index contributed by atoms with van der Waals surface area (Å²) < 4.78 is 5.34. The first-order valence-corrected chi connectivity index (χ1v) is 9.04. The summed E-state index contributed by atoms with van der Waals surface area (Å²) in [6.07, 6.45) is 0. The topological polar surface area (TPSA) is 84.7 Å². The summed E-state index contributed by atoms with van der Waals surface area (Å²) >= 11 is 12.0. The summed E-state index contributed by atoms with van der Waals surface area (Å²) in [5.74, 6) is -0.411. The van der Waals surface area contributed by atoms with Crippen LogP contribution in [0.25, 0.3) is 0 Å². The number of amides is 1. The van der Waals surface area contributed by atoms with Crippen molar-refractivity contribution in [3.63, 3.8) is 0 Å². The molecular formula is C18H17Cl2N3O4. The Morgan fingerprint density at radius 2 is 1.93 bits per heavy atom. The quantitative estimate of drug-likeness (QED) is 0.601. The van der Waals surface area contributed by atoms with Crippen molar-refractivity contribution in [3.8, 4) is 0 Å². The Hall–Kier alpha value is -2.35. The second-order valence-corrected chi connectivity index (χ2v) is 6.82. The molecule has 0 bridgehead atoms. The van der Waals surface area contributed by atoms with Crippen molar-refractivity contribution < 1.29 is 14.5 Å². The molecule has 2 aromatic carbocycles. The minimum atomic E-state index is -0.518. The molecule has 1 aliphatic rings. The monoisotopic (exact) mass is 409 g/mol. The molecule has 0 atom stereocenters. The number of nitrogens with zero attached hydrogens (tertiary/aromatic N) is 2. The average molecular weight is 410 g/mol. The van der Waals surface area contributed by atoms with Crippen LogP contribution < -0.4 is 10.2 Å². The number of benzene rings is 2. The molecule has 2 aromatic rings. The fraction of sp³-hybridized carbons (Fsp3) is 0.278. The highest BCUT2D eigenvalue weighted by Crippen LogP contribution is 2.27. The Balaban J connectivity index is 1.84. The number of carbonyl (C=O) groups excluding carboxylic acids is 1. The maximum absolute atomic E-state index is 12.8. The Kier molecular flexibility index (Phi) is 6.15. The van der Waals surface area contributed by atoms with Crippen molar-refractivity contribution in [2.75, 3.05) is 31.2 Å². The number of anilines is 1. The molecule has 0 unspecified atom stereocenters. The molecule has 7 nitrogen and oxygen atoms in total. The minimum Gasteiger partial charge on any atom is -0.378 e. The molecule has 1 amide bonds. The normalized spacial score (nSPS) is 14.1. The Bertz CT molecular complexity index is 870. The molecule has 0 aromatic heterocycles. The number of hydrogen-bond donors (Lipinski definition) is 1. The van der Waals surface area contributed by atoms with Crippen LogP contribution in [0.2, 0.25) is 10.0 Å². The van der Waals surface area contributed by atoms with Crippen LogP contribution in [-0.4, -0.2) is 37.1 Å². The molecule has 27 heavy (non-hydrogen) atoms. The van der Waals surface area contributed by atoms with E-state index in [2.05, 4.69) is 5.32 Å². The van der Waals surface area contributed by atoms with Crippen molar-refractivity contribution in [2.45, 2.75) is 6.54 Å². The smallest absolute Gasteiger partial charge is 0.270 e. The second kappa shape index (κ2) is 8.56. The molecule has 1 saturated heterocycles. The van der Waals surface area contributed by atoms with Crippen molar-refractivity contribution >= 4 is 40.5 Å². The van der Waals surface area contributed by atoms with Gasteiger partial charge in [-0.15, -0.1) is 0 Å². The Labute approximate surface area is 166 Å². The summed E-state index contributed by atoms with van der Waals surface area (Å²) in [6.45, 7) is 2.49. The van der Waals surface area contributed by atoms with Gasteiger partial charge in [0.1, 0.15) is 0 Å². The van der Waals surface area contributed by atoms with Gasteiger partial charge in [0.15, 0.2) is 0 Å². The fourth-order valence-corrected chi connectivity index (χ4v) is 3.31. The molecule has 3 rings (SSSR count). The lowest BCUT2D eigenvalue weighted by Crippen LogP contribution is -2.38. The van der Waals surface area contributed by atoms with Crippen molar-refractivity contribution in [1.82, 2.24) is 5.32 Å². The van der Waals surface area contributed by atoms with Gasteiger partial charge in [0.05, 0.1) is 29.4 Å². The molecule has 1 aliphatic heterocycles. The van der Waals surface area contributed by atoms with Gasteiger partial charge in [0.2, 0.25) is 0 Å². The first kappa shape index (κ1) is 19.4. The number of nitro benzene ring substituents is 1. The number of ether oxygens (including phenoxy) is 1. The van der Waals surface area contributed by atoms with Crippen LogP contribution in [0.3, 0.4) is 0 Å². The molecule has 142 valence electrons. The number of nitro groups is 1. The number of halogens is 2. The predicted octanol–water partition coefficient (Wildman–Crippen LogP) is 3.67.